The molecular formula is C15H14ClNO3S. The average Bonchev–Trinajstić information content (AvgIpc) is 2.70. The molecule has 1 saturated heterocycles. The van der Waals surface area contributed by atoms with Gasteiger partial charge in [0, 0.05) is 5.56 Å². The summed E-state index contributed by atoms with van der Waals surface area (Å²) >= 11 is 6.02. The number of rotatable bonds is 2. The molecule has 3 rings (SSSR count). The van der Waals surface area contributed by atoms with Gasteiger partial charge in [0.05, 0.1) is 22.9 Å². The van der Waals surface area contributed by atoms with Crippen molar-refractivity contribution in [2.45, 2.75) is 11.4 Å². The van der Waals surface area contributed by atoms with Crippen LogP contribution < -0.4 is 5.32 Å². The summed E-state index contributed by atoms with van der Waals surface area (Å²) in [5.74, 6) is -0.480. The lowest BCUT2D eigenvalue weighted by Crippen LogP contribution is -2.40. The molecule has 0 bridgehead atoms. The Kier molecular flexibility index (Phi) is 3.63. The summed E-state index contributed by atoms with van der Waals surface area (Å²) in [5, 5.41) is 3.97. The van der Waals surface area contributed by atoms with Gasteiger partial charge in [-0.15, -0.1) is 11.6 Å². The van der Waals surface area contributed by atoms with Gasteiger partial charge in [-0.1, -0.05) is 36.4 Å². The van der Waals surface area contributed by atoms with Crippen molar-refractivity contribution in [3.8, 4) is 0 Å². The van der Waals surface area contributed by atoms with E-state index in [-0.39, 0.29) is 17.4 Å². The van der Waals surface area contributed by atoms with Gasteiger partial charge in [0.25, 0.3) is 5.91 Å². The molecule has 1 heterocycles. The van der Waals surface area contributed by atoms with Crippen molar-refractivity contribution in [2.24, 2.45) is 0 Å². The minimum absolute atomic E-state index is 0.0883. The zero-order valence-electron chi connectivity index (χ0n) is 11.1. The van der Waals surface area contributed by atoms with Crippen LogP contribution in [0.4, 0.5) is 0 Å². The SMILES string of the molecule is O=C(N[C@@H]1CS(=O)(=O)C[C@@H]1Cl)c1cccc2ccccc12. The summed E-state index contributed by atoms with van der Waals surface area (Å²) in [6.45, 7) is 0. The maximum absolute atomic E-state index is 12.4. The first-order chi connectivity index (χ1) is 9.96. The van der Waals surface area contributed by atoms with Crippen LogP contribution in [0.15, 0.2) is 42.5 Å². The normalized spacial score (nSPS) is 24.0. The lowest BCUT2D eigenvalue weighted by molar-refractivity contribution is 0.0943. The third kappa shape index (κ3) is 2.89. The number of hydrogen-bond donors (Lipinski definition) is 1. The van der Waals surface area contributed by atoms with E-state index in [1.165, 1.54) is 0 Å². The van der Waals surface area contributed by atoms with Gasteiger partial charge in [-0.05, 0) is 16.8 Å². The summed E-state index contributed by atoms with van der Waals surface area (Å²) in [5.41, 5.74) is 0.529. The van der Waals surface area contributed by atoms with Crippen LogP contribution in [-0.4, -0.2) is 37.2 Å². The molecule has 6 heteroatoms. The number of carbonyl (C=O) groups excluding carboxylic acids is 1. The highest BCUT2D eigenvalue weighted by molar-refractivity contribution is 7.91. The van der Waals surface area contributed by atoms with Crippen molar-refractivity contribution < 1.29 is 13.2 Å². The topological polar surface area (TPSA) is 63.2 Å². The highest BCUT2D eigenvalue weighted by Crippen LogP contribution is 2.21. The van der Waals surface area contributed by atoms with E-state index in [1.807, 2.05) is 30.3 Å². The molecule has 1 amide bonds. The molecule has 0 spiro atoms. The zero-order valence-corrected chi connectivity index (χ0v) is 12.7. The van der Waals surface area contributed by atoms with E-state index in [1.54, 1.807) is 12.1 Å². The van der Waals surface area contributed by atoms with E-state index in [0.717, 1.165) is 10.8 Å². The molecule has 0 saturated carbocycles. The lowest BCUT2D eigenvalue weighted by Gasteiger charge is -2.15. The molecule has 21 heavy (non-hydrogen) atoms. The lowest BCUT2D eigenvalue weighted by atomic mass is 10.0. The maximum atomic E-state index is 12.4. The number of hydrogen-bond acceptors (Lipinski definition) is 3. The molecule has 110 valence electrons. The van der Waals surface area contributed by atoms with E-state index >= 15 is 0 Å². The largest absolute Gasteiger partial charge is 0.347 e. The third-order valence-electron chi connectivity index (χ3n) is 3.63. The summed E-state index contributed by atoms with van der Waals surface area (Å²) < 4.78 is 23.1. The van der Waals surface area contributed by atoms with Crippen molar-refractivity contribution in [3.05, 3.63) is 48.0 Å². The molecule has 0 aromatic heterocycles. The van der Waals surface area contributed by atoms with E-state index < -0.39 is 21.3 Å². The van der Waals surface area contributed by atoms with Crippen molar-refractivity contribution in [2.75, 3.05) is 11.5 Å². The van der Waals surface area contributed by atoms with Crippen molar-refractivity contribution >= 4 is 38.1 Å². The molecule has 4 nitrogen and oxygen atoms in total. The molecule has 1 N–H and O–H groups in total. The van der Waals surface area contributed by atoms with Crippen molar-refractivity contribution in [1.29, 1.82) is 0 Å². The smallest absolute Gasteiger partial charge is 0.252 e. The van der Waals surface area contributed by atoms with Gasteiger partial charge in [0.2, 0.25) is 0 Å². The number of alkyl halides is 1. The minimum Gasteiger partial charge on any atom is -0.347 e. The van der Waals surface area contributed by atoms with Crippen LogP contribution in [0.25, 0.3) is 10.8 Å². The second-order valence-corrected chi connectivity index (χ2v) is 7.91. The Morgan fingerprint density at radius 3 is 2.52 bits per heavy atom. The second-order valence-electron chi connectivity index (χ2n) is 5.20. The fraction of sp³-hybridized carbons (Fsp3) is 0.267. The summed E-state index contributed by atoms with van der Waals surface area (Å²) in [6, 6.07) is 12.5. The molecule has 2 aromatic carbocycles. The first-order valence-corrected chi connectivity index (χ1v) is 8.85. The van der Waals surface area contributed by atoms with E-state index in [4.69, 9.17) is 11.6 Å². The van der Waals surface area contributed by atoms with Gasteiger partial charge in [-0.3, -0.25) is 4.79 Å². The van der Waals surface area contributed by atoms with Crippen molar-refractivity contribution in [3.63, 3.8) is 0 Å². The minimum atomic E-state index is -3.16. The highest BCUT2D eigenvalue weighted by Gasteiger charge is 2.37. The van der Waals surface area contributed by atoms with Gasteiger partial charge in [-0.2, -0.15) is 0 Å². The van der Waals surface area contributed by atoms with Crippen LogP contribution in [-0.2, 0) is 9.84 Å². The standard InChI is InChI=1S/C15H14ClNO3S/c16-13-8-21(19,20)9-14(13)17-15(18)12-7-3-5-10-4-1-2-6-11(10)12/h1-7,13-14H,8-9H2,(H,17,18)/t13-,14+/m0/s1. The first-order valence-electron chi connectivity index (χ1n) is 6.59. The fourth-order valence-corrected chi connectivity index (χ4v) is 5.16. The average molecular weight is 324 g/mol. The van der Waals surface area contributed by atoms with Crippen LogP contribution >= 0.6 is 11.6 Å². The molecule has 1 aliphatic rings. The Labute approximate surface area is 128 Å². The van der Waals surface area contributed by atoms with Gasteiger partial charge >= 0.3 is 0 Å². The predicted molar refractivity (Wildman–Crippen MR) is 83.5 cm³/mol. The Morgan fingerprint density at radius 2 is 1.81 bits per heavy atom. The molecule has 0 radical (unpaired) electrons. The molecule has 1 aliphatic heterocycles. The Bertz CT molecular complexity index is 798. The van der Waals surface area contributed by atoms with Gasteiger partial charge in [0.15, 0.2) is 9.84 Å². The molecular weight excluding hydrogens is 310 g/mol. The van der Waals surface area contributed by atoms with E-state index in [2.05, 4.69) is 5.32 Å². The van der Waals surface area contributed by atoms with Crippen molar-refractivity contribution in [1.82, 2.24) is 5.32 Å². The van der Waals surface area contributed by atoms with Gasteiger partial charge in [-0.25, -0.2) is 8.42 Å². The number of nitrogens with one attached hydrogen (secondary N) is 1. The molecule has 0 unspecified atom stereocenters. The molecule has 2 atom stereocenters. The molecule has 2 aromatic rings. The third-order valence-corrected chi connectivity index (χ3v) is 6.01. The summed E-state index contributed by atoms with van der Waals surface area (Å²) in [6.07, 6.45) is 0. The maximum Gasteiger partial charge on any atom is 0.252 e. The predicted octanol–water partition coefficient (Wildman–Crippen LogP) is 1.97. The molecule has 0 aliphatic carbocycles. The molecule has 1 fully saturated rings. The second kappa shape index (κ2) is 5.31. The number of carbonyl (C=O) groups is 1. The van der Waals surface area contributed by atoms with Crippen LogP contribution in [0.1, 0.15) is 10.4 Å². The van der Waals surface area contributed by atoms with Gasteiger partial charge in [0.1, 0.15) is 0 Å². The Hall–Kier alpha value is -1.59. The Balaban J connectivity index is 1.88. The van der Waals surface area contributed by atoms with E-state index in [9.17, 15) is 13.2 Å². The monoisotopic (exact) mass is 323 g/mol. The number of amides is 1. The van der Waals surface area contributed by atoms with Crippen LogP contribution in [0, 0.1) is 0 Å². The first kappa shape index (κ1) is 14.4. The number of benzene rings is 2. The van der Waals surface area contributed by atoms with Gasteiger partial charge < -0.3 is 5.32 Å². The van der Waals surface area contributed by atoms with Crippen LogP contribution in [0.5, 0.6) is 0 Å². The number of halogens is 1. The quantitative estimate of drug-likeness (QED) is 0.859. The zero-order chi connectivity index (χ0) is 15.0. The van der Waals surface area contributed by atoms with Crippen LogP contribution in [0.3, 0.4) is 0 Å². The highest BCUT2D eigenvalue weighted by atomic mass is 35.5. The number of fused-ring (bicyclic) bond motifs is 1. The summed E-state index contributed by atoms with van der Waals surface area (Å²) in [4.78, 5) is 12.4. The number of sulfone groups is 1. The summed E-state index contributed by atoms with van der Waals surface area (Å²) in [7, 11) is -3.16. The van der Waals surface area contributed by atoms with E-state index in [0.29, 0.717) is 5.56 Å². The Morgan fingerprint density at radius 1 is 1.10 bits per heavy atom. The van der Waals surface area contributed by atoms with Crippen LogP contribution in [0.2, 0.25) is 0 Å². The fourth-order valence-electron chi connectivity index (χ4n) is 2.61.